The minimum Gasteiger partial charge on any atom is -0.354 e. The van der Waals surface area contributed by atoms with Crippen LogP contribution in [0.5, 0.6) is 0 Å². The second kappa shape index (κ2) is 9.10. The number of rotatable bonds is 7. The Morgan fingerprint density at radius 2 is 1.67 bits per heavy atom. The Hall–Kier alpha value is -2.51. The fourth-order valence-corrected chi connectivity index (χ4v) is 4.35. The Morgan fingerprint density at radius 1 is 0.967 bits per heavy atom. The van der Waals surface area contributed by atoms with Gasteiger partial charge in [-0.25, -0.2) is 4.98 Å². The third-order valence-electron chi connectivity index (χ3n) is 6.00. The maximum Gasteiger partial charge on any atom is 0.254 e. The molecule has 0 atom stereocenters. The van der Waals surface area contributed by atoms with Crippen molar-refractivity contribution in [3.8, 4) is 11.3 Å². The van der Waals surface area contributed by atoms with Gasteiger partial charge in [0.25, 0.3) is 5.78 Å². The summed E-state index contributed by atoms with van der Waals surface area (Å²) in [6.07, 6.45) is 1.59. The van der Waals surface area contributed by atoms with Gasteiger partial charge in [0.05, 0.1) is 5.69 Å². The Bertz CT molecular complexity index is 935. The zero-order valence-electron chi connectivity index (χ0n) is 18.6. The standard InChI is InChI=1S/C23H33N7/c1-18(2)29(19(3)4)15-12-27-10-13-28(14-11-27)22-16-21(20-8-6-5-7-9-20)26-23-24-17-25-30(22)23/h5-9,16-19H,10-15H2,1-4H3. The lowest BCUT2D eigenvalue weighted by Gasteiger charge is -2.38. The molecular weight excluding hydrogens is 374 g/mol. The van der Waals surface area contributed by atoms with Crippen molar-refractivity contribution in [1.29, 1.82) is 0 Å². The van der Waals surface area contributed by atoms with Gasteiger partial charge in [-0.15, -0.1) is 0 Å². The summed E-state index contributed by atoms with van der Waals surface area (Å²) in [6.45, 7) is 15.5. The van der Waals surface area contributed by atoms with E-state index in [1.807, 2.05) is 22.7 Å². The predicted molar refractivity (Wildman–Crippen MR) is 122 cm³/mol. The lowest BCUT2D eigenvalue weighted by atomic mass is 10.1. The SMILES string of the molecule is CC(C)N(CCN1CCN(c2cc(-c3ccccc3)nc3ncnn23)CC1)C(C)C. The summed E-state index contributed by atoms with van der Waals surface area (Å²) in [5.41, 5.74) is 2.04. The maximum atomic E-state index is 4.70. The van der Waals surface area contributed by atoms with Crippen molar-refractivity contribution in [2.24, 2.45) is 0 Å². The molecule has 7 nitrogen and oxygen atoms in total. The highest BCUT2D eigenvalue weighted by Gasteiger charge is 2.22. The van der Waals surface area contributed by atoms with Crippen LogP contribution in [0.3, 0.4) is 0 Å². The van der Waals surface area contributed by atoms with Crippen LogP contribution in [-0.2, 0) is 0 Å². The summed E-state index contributed by atoms with van der Waals surface area (Å²) in [4.78, 5) is 16.6. The van der Waals surface area contributed by atoms with E-state index in [2.05, 4.69) is 70.7 Å². The van der Waals surface area contributed by atoms with Crippen LogP contribution in [0.15, 0.2) is 42.7 Å². The molecule has 160 valence electrons. The topological polar surface area (TPSA) is 52.8 Å². The zero-order valence-corrected chi connectivity index (χ0v) is 18.6. The van der Waals surface area contributed by atoms with Crippen molar-refractivity contribution in [2.75, 3.05) is 44.2 Å². The molecule has 0 amide bonds. The third-order valence-corrected chi connectivity index (χ3v) is 6.00. The first-order chi connectivity index (χ1) is 14.5. The van der Waals surface area contributed by atoms with Crippen LogP contribution in [0.2, 0.25) is 0 Å². The molecule has 2 aromatic heterocycles. The molecule has 1 fully saturated rings. The van der Waals surface area contributed by atoms with Gasteiger partial charge in [-0.3, -0.25) is 9.80 Å². The van der Waals surface area contributed by atoms with Gasteiger partial charge in [-0.05, 0) is 27.7 Å². The number of anilines is 1. The fourth-order valence-electron chi connectivity index (χ4n) is 4.35. The van der Waals surface area contributed by atoms with Crippen LogP contribution < -0.4 is 4.90 Å². The molecule has 0 spiro atoms. The molecular formula is C23H33N7. The number of nitrogens with zero attached hydrogens (tertiary/aromatic N) is 7. The van der Waals surface area contributed by atoms with Gasteiger partial charge < -0.3 is 4.90 Å². The molecule has 0 unspecified atom stereocenters. The zero-order chi connectivity index (χ0) is 21.1. The van der Waals surface area contributed by atoms with Crippen molar-refractivity contribution in [2.45, 2.75) is 39.8 Å². The van der Waals surface area contributed by atoms with Crippen molar-refractivity contribution >= 4 is 11.6 Å². The molecule has 3 heterocycles. The summed E-state index contributed by atoms with van der Waals surface area (Å²) in [6, 6.07) is 13.6. The number of benzene rings is 1. The maximum absolute atomic E-state index is 4.70. The second-order valence-electron chi connectivity index (χ2n) is 8.59. The van der Waals surface area contributed by atoms with E-state index in [9.17, 15) is 0 Å². The van der Waals surface area contributed by atoms with E-state index < -0.39 is 0 Å². The highest BCUT2D eigenvalue weighted by molar-refractivity contribution is 5.65. The molecule has 3 aromatic rings. The average Bonchev–Trinajstić information content (AvgIpc) is 3.22. The minimum atomic E-state index is 0.583. The van der Waals surface area contributed by atoms with Crippen molar-refractivity contribution in [1.82, 2.24) is 29.4 Å². The van der Waals surface area contributed by atoms with Gasteiger partial charge in [0, 0.05) is 63.0 Å². The Morgan fingerprint density at radius 3 is 2.33 bits per heavy atom. The van der Waals surface area contributed by atoms with Crippen molar-refractivity contribution < 1.29 is 0 Å². The molecule has 0 bridgehead atoms. The molecule has 7 heteroatoms. The van der Waals surface area contributed by atoms with Crippen molar-refractivity contribution in [3.63, 3.8) is 0 Å². The third kappa shape index (κ3) is 4.47. The number of fused-ring (bicyclic) bond motifs is 1. The highest BCUT2D eigenvalue weighted by Crippen LogP contribution is 2.24. The summed E-state index contributed by atoms with van der Waals surface area (Å²) in [7, 11) is 0. The first kappa shape index (κ1) is 20.8. The quantitative estimate of drug-likeness (QED) is 0.600. The van der Waals surface area contributed by atoms with E-state index in [1.54, 1.807) is 6.33 Å². The lowest BCUT2D eigenvalue weighted by molar-refractivity contribution is 0.140. The Balaban J connectivity index is 1.46. The summed E-state index contributed by atoms with van der Waals surface area (Å²) < 4.78 is 1.86. The van der Waals surface area contributed by atoms with Crippen LogP contribution in [0, 0.1) is 0 Å². The fraction of sp³-hybridized carbons (Fsp3) is 0.522. The van der Waals surface area contributed by atoms with E-state index >= 15 is 0 Å². The Labute approximate surface area is 179 Å². The molecule has 30 heavy (non-hydrogen) atoms. The molecule has 0 aliphatic carbocycles. The molecule has 1 aromatic carbocycles. The van der Waals surface area contributed by atoms with E-state index in [4.69, 9.17) is 4.98 Å². The van der Waals surface area contributed by atoms with E-state index in [0.717, 1.165) is 56.3 Å². The largest absolute Gasteiger partial charge is 0.354 e. The van der Waals surface area contributed by atoms with Gasteiger partial charge in [0.15, 0.2) is 0 Å². The monoisotopic (exact) mass is 407 g/mol. The molecule has 4 rings (SSSR count). The van der Waals surface area contributed by atoms with Gasteiger partial charge in [0.2, 0.25) is 0 Å². The van der Waals surface area contributed by atoms with E-state index in [-0.39, 0.29) is 0 Å². The van der Waals surface area contributed by atoms with Gasteiger partial charge in [0.1, 0.15) is 12.1 Å². The Kier molecular flexibility index (Phi) is 6.29. The first-order valence-electron chi connectivity index (χ1n) is 11.0. The van der Waals surface area contributed by atoms with Crippen LogP contribution in [0.4, 0.5) is 5.82 Å². The summed E-state index contributed by atoms with van der Waals surface area (Å²) >= 11 is 0. The van der Waals surface area contributed by atoms with Crippen LogP contribution in [0.1, 0.15) is 27.7 Å². The molecule has 0 saturated carbocycles. The van der Waals surface area contributed by atoms with E-state index in [1.165, 1.54) is 0 Å². The van der Waals surface area contributed by atoms with Gasteiger partial charge in [-0.2, -0.15) is 14.6 Å². The smallest absolute Gasteiger partial charge is 0.254 e. The number of hydrogen-bond acceptors (Lipinski definition) is 6. The van der Waals surface area contributed by atoms with E-state index in [0.29, 0.717) is 17.9 Å². The summed E-state index contributed by atoms with van der Waals surface area (Å²) in [5, 5.41) is 4.43. The molecule has 1 saturated heterocycles. The van der Waals surface area contributed by atoms with Crippen LogP contribution in [-0.4, -0.2) is 80.7 Å². The highest BCUT2D eigenvalue weighted by atomic mass is 15.4. The molecule has 0 radical (unpaired) electrons. The summed E-state index contributed by atoms with van der Waals surface area (Å²) in [5.74, 6) is 1.72. The normalized spacial score (nSPS) is 15.8. The minimum absolute atomic E-state index is 0.583. The first-order valence-corrected chi connectivity index (χ1v) is 11.0. The number of aromatic nitrogens is 4. The van der Waals surface area contributed by atoms with Gasteiger partial charge >= 0.3 is 0 Å². The van der Waals surface area contributed by atoms with Crippen LogP contribution in [0.25, 0.3) is 17.0 Å². The number of hydrogen-bond donors (Lipinski definition) is 0. The number of piperazine rings is 1. The van der Waals surface area contributed by atoms with Crippen LogP contribution >= 0.6 is 0 Å². The lowest BCUT2D eigenvalue weighted by Crippen LogP contribution is -2.50. The average molecular weight is 408 g/mol. The predicted octanol–water partition coefficient (Wildman–Crippen LogP) is 3.03. The van der Waals surface area contributed by atoms with Gasteiger partial charge in [-0.1, -0.05) is 30.3 Å². The molecule has 0 N–H and O–H groups in total. The second-order valence-corrected chi connectivity index (χ2v) is 8.59. The van der Waals surface area contributed by atoms with Crippen molar-refractivity contribution in [3.05, 3.63) is 42.7 Å². The molecule has 1 aliphatic heterocycles. The molecule has 1 aliphatic rings.